The Bertz CT molecular complexity index is 1190. The third-order valence-electron chi connectivity index (χ3n) is 5.27. The molecule has 0 bridgehead atoms. The fourth-order valence-corrected chi connectivity index (χ4v) is 6.25. The Morgan fingerprint density at radius 1 is 1.00 bits per heavy atom. The number of hydrogen-bond acceptors (Lipinski definition) is 3. The van der Waals surface area contributed by atoms with Gasteiger partial charge in [0.05, 0.1) is 5.56 Å². The number of halogens is 1. The van der Waals surface area contributed by atoms with Gasteiger partial charge in [0.2, 0.25) is 0 Å². The van der Waals surface area contributed by atoms with Crippen molar-refractivity contribution in [3.8, 4) is 17.6 Å². The molecule has 1 fully saturated rings. The fourth-order valence-electron chi connectivity index (χ4n) is 3.75. The molecule has 0 N–H and O–H groups in total. The Labute approximate surface area is 191 Å². The molecule has 32 heavy (non-hydrogen) atoms. The van der Waals surface area contributed by atoms with Gasteiger partial charge in [0.25, 0.3) is 0 Å². The van der Waals surface area contributed by atoms with E-state index >= 15 is 0 Å². The second kappa shape index (κ2) is 9.67. The molecule has 4 rings (SSSR count). The first kappa shape index (κ1) is 22.2. The summed E-state index contributed by atoms with van der Waals surface area (Å²) < 4.78 is 25.1. The van der Waals surface area contributed by atoms with Crippen molar-refractivity contribution >= 4 is 27.6 Å². The number of hydrogen-bond donors (Lipinski definition) is 0. The molecule has 1 aliphatic heterocycles. The summed E-state index contributed by atoms with van der Waals surface area (Å²) in [5, 5.41) is 2.20. The predicted molar refractivity (Wildman–Crippen MR) is 127 cm³/mol. The van der Waals surface area contributed by atoms with Gasteiger partial charge in [0.1, 0.15) is 23.1 Å². The minimum absolute atomic E-state index is 0.222. The number of benzene rings is 3. The van der Waals surface area contributed by atoms with E-state index in [-0.39, 0.29) is 12.2 Å². The van der Waals surface area contributed by atoms with Crippen LogP contribution in [-0.2, 0) is 20.4 Å². The SMILES string of the molecule is CC(C)(C#Cc1ccccc1F)OC(=O)COc1ccc([S+]2CCCC2)c2ccccc12. The maximum atomic E-state index is 13.8. The number of carbonyl (C=O) groups is 1. The van der Waals surface area contributed by atoms with Crippen molar-refractivity contribution in [2.75, 3.05) is 18.1 Å². The van der Waals surface area contributed by atoms with E-state index in [4.69, 9.17) is 9.47 Å². The Balaban J connectivity index is 1.44. The normalized spacial score (nSPS) is 14.1. The summed E-state index contributed by atoms with van der Waals surface area (Å²) in [5.41, 5.74) is -0.805. The van der Waals surface area contributed by atoms with Gasteiger partial charge in [-0.25, -0.2) is 9.18 Å². The molecule has 5 heteroatoms. The smallest absolute Gasteiger partial charge is 0.345 e. The summed E-state index contributed by atoms with van der Waals surface area (Å²) in [5.74, 6) is 7.81. The lowest BCUT2D eigenvalue weighted by molar-refractivity contribution is -0.154. The second-order valence-corrected chi connectivity index (χ2v) is 10.5. The predicted octanol–water partition coefficient (Wildman–Crippen LogP) is 5.50. The van der Waals surface area contributed by atoms with Crippen LogP contribution in [0.1, 0.15) is 32.3 Å². The van der Waals surface area contributed by atoms with Gasteiger partial charge in [-0.2, -0.15) is 0 Å². The van der Waals surface area contributed by atoms with E-state index in [1.54, 1.807) is 32.0 Å². The summed E-state index contributed by atoms with van der Waals surface area (Å²) in [6.07, 6.45) is 2.58. The van der Waals surface area contributed by atoms with Gasteiger partial charge in [0, 0.05) is 21.7 Å². The van der Waals surface area contributed by atoms with Crippen LogP contribution in [0.5, 0.6) is 5.75 Å². The summed E-state index contributed by atoms with van der Waals surface area (Å²) in [6, 6.07) is 18.5. The van der Waals surface area contributed by atoms with Crippen molar-refractivity contribution in [2.45, 2.75) is 37.2 Å². The number of carbonyl (C=O) groups excluding carboxylic acids is 1. The number of ether oxygens (including phenoxy) is 2. The minimum atomic E-state index is -1.07. The maximum Gasteiger partial charge on any atom is 0.345 e. The molecule has 0 aromatic heterocycles. The van der Waals surface area contributed by atoms with Gasteiger partial charge in [-0.3, -0.25) is 0 Å². The monoisotopic (exact) mass is 449 g/mol. The highest BCUT2D eigenvalue weighted by atomic mass is 32.2. The van der Waals surface area contributed by atoms with Gasteiger partial charge in [-0.15, -0.1) is 0 Å². The van der Waals surface area contributed by atoms with E-state index in [1.807, 2.05) is 24.3 Å². The standard InChI is InChI=1S/C27H26FO3S/c1-27(2,16-15-20-9-3-6-12-23(20)28)31-26(29)19-30-24-13-14-25(32-17-7-8-18-32)22-11-5-4-10-21(22)24/h3-6,9-14H,7-8,17-19H2,1-2H3/q+1. The molecule has 0 unspecified atom stereocenters. The zero-order chi connectivity index (χ0) is 22.6. The van der Waals surface area contributed by atoms with E-state index in [2.05, 4.69) is 24.0 Å². The van der Waals surface area contributed by atoms with Crippen LogP contribution in [0.4, 0.5) is 4.39 Å². The highest BCUT2D eigenvalue weighted by Crippen LogP contribution is 2.34. The van der Waals surface area contributed by atoms with Crippen molar-refractivity contribution in [3.05, 3.63) is 72.0 Å². The zero-order valence-corrected chi connectivity index (χ0v) is 19.1. The van der Waals surface area contributed by atoms with Crippen LogP contribution in [-0.4, -0.2) is 29.7 Å². The van der Waals surface area contributed by atoms with E-state index in [0.717, 1.165) is 5.39 Å². The van der Waals surface area contributed by atoms with E-state index in [9.17, 15) is 9.18 Å². The third kappa shape index (κ3) is 5.26. The lowest BCUT2D eigenvalue weighted by atomic mass is 10.1. The Morgan fingerprint density at radius 3 is 2.44 bits per heavy atom. The highest BCUT2D eigenvalue weighted by molar-refractivity contribution is 7.97. The quantitative estimate of drug-likeness (QED) is 0.293. The third-order valence-corrected chi connectivity index (χ3v) is 7.81. The van der Waals surface area contributed by atoms with Crippen LogP contribution in [0.25, 0.3) is 10.8 Å². The molecule has 0 spiro atoms. The molecule has 3 aromatic rings. The molecular weight excluding hydrogens is 423 g/mol. The molecule has 0 radical (unpaired) electrons. The Hall–Kier alpha value is -2.97. The minimum Gasteiger partial charge on any atom is -0.481 e. The number of fused-ring (bicyclic) bond motifs is 1. The van der Waals surface area contributed by atoms with Crippen LogP contribution in [0.3, 0.4) is 0 Å². The van der Waals surface area contributed by atoms with E-state index < -0.39 is 17.4 Å². The average Bonchev–Trinajstić information content (AvgIpc) is 3.31. The second-order valence-electron chi connectivity index (χ2n) is 8.22. The first-order valence-corrected chi connectivity index (χ1v) is 12.3. The van der Waals surface area contributed by atoms with Gasteiger partial charge in [-0.1, -0.05) is 42.2 Å². The molecule has 3 nitrogen and oxygen atoms in total. The molecule has 1 heterocycles. The molecule has 0 aliphatic carbocycles. The zero-order valence-electron chi connectivity index (χ0n) is 18.3. The first-order valence-electron chi connectivity index (χ1n) is 10.7. The van der Waals surface area contributed by atoms with Gasteiger partial charge in [-0.05, 0) is 57.0 Å². The molecule has 0 amide bonds. The molecule has 164 valence electrons. The first-order chi connectivity index (χ1) is 15.4. The van der Waals surface area contributed by atoms with Crippen LogP contribution in [0.2, 0.25) is 0 Å². The van der Waals surface area contributed by atoms with Crippen molar-refractivity contribution < 1.29 is 18.7 Å². The topological polar surface area (TPSA) is 35.5 Å². The average molecular weight is 450 g/mol. The van der Waals surface area contributed by atoms with Crippen LogP contribution >= 0.6 is 0 Å². The largest absolute Gasteiger partial charge is 0.481 e. The lowest BCUT2D eigenvalue weighted by Crippen LogP contribution is -2.29. The fraction of sp³-hybridized carbons (Fsp3) is 0.296. The summed E-state index contributed by atoms with van der Waals surface area (Å²) in [4.78, 5) is 13.8. The van der Waals surface area contributed by atoms with Crippen LogP contribution < -0.4 is 4.74 Å². The Morgan fingerprint density at radius 2 is 1.69 bits per heavy atom. The molecule has 1 aliphatic rings. The molecule has 0 atom stereocenters. The molecular formula is C27H26FO3S+. The highest BCUT2D eigenvalue weighted by Gasteiger charge is 2.29. The summed E-state index contributed by atoms with van der Waals surface area (Å²) in [6.45, 7) is 3.12. The summed E-state index contributed by atoms with van der Waals surface area (Å²) >= 11 is 0. The van der Waals surface area contributed by atoms with Crippen molar-refractivity contribution in [1.82, 2.24) is 0 Å². The van der Waals surface area contributed by atoms with Crippen LogP contribution in [0.15, 0.2) is 65.6 Å². The molecule has 0 saturated carbocycles. The van der Waals surface area contributed by atoms with E-state index in [0.29, 0.717) is 16.6 Å². The number of rotatable bonds is 5. The maximum absolute atomic E-state index is 13.8. The lowest BCUT2D eigenvalue weighted by Gasteiger charge is -2.19. The van der Waals surface area contributed by atoms with Gasteiger partial charge >= 0.3 is 5.97 Å². The molecule has 3 aromatic carbocycles. The Kier molecular flexibility index (Phi) is 6.72. The van der Waals surface area contributed by atoms with Crippen LogP contribution in [0, 0.1) is 17.7 Å². The van der Waals surface area contributed by atoms with Crippen molar-refractivity contribution in [1.29, 1.82) is 0 Å². The molecule has 1 saturated heterocycles. The number of esters is 1. The summed E-state index contributed by atoms with van der Waals surface area (Å²) in [7, 11) is 0.291. The van der Waals surface area contributed by atoms with Gasteiger partial charge < -0.3 is 9.47 Å². The van der Waals surface area contributed by atoms with Crippen molar-refractivity contribution in [2.24, 2.45) is 0 Å². The van der Waals surface area contributed by atoms with Crippen molar-refractivity contribution in [3.63, 3.8) is 0 Å². The van der Waals surface area contributed by atoms with Gasteiger partial charge in [0.15, 0.2) is 17.1 Å². The van der Waals surface area contributed by atoms with E-state index in [1.165, 1.54) is 40.7 Å².